The van der Waals surface area contributed by atoms with Crippen LogP contribution in [0, 0.1) is 0 Å². The van der Waals surface area contributed by atoms with Crippen molar-refractivity contribution in [3.05, 3.63) is 0 Å². The molecule has 0 aromatic heterocycles. The first kappa shape index (κ1) is 7.23. The second kappa shape index (κ2) is 3.26. The fourth-order valence-electron chi connectivity index (χ4n) is 0.290. The van der Waals surface area contributed by atoms with Gasteiger partial charge in [0.1, 0.15) is 0 Å². The van der Waals surface area contributed by atoms with Gasteiger partial charge in [-0.3, -0.25) is 10.0 Å². The maximum absolute atomic E-state index is 5.30. The van der Waals surface area contributed by atoms with E-state index in [0.29, 0.717) is 12.5 Å². The minimum absolute atomic E-state index is 0.368. The van der Waals surface area contributed by atoms with Crippen molar-refractivity contribution >= 4 is 5.96 Å². The molecule has 0 unspecified atom stereocenters. The van der Waals surface area contributed by atoms with Gasteiger partial charge in [0.25, 0.3) is 0 Å². The van der Waals surface area contributed by atoms with Gasteiger partial charge in [0.15, 0.2) is 0 Å². The molecule has 0 atom stereocenters. The zero-order valence-corrected chi connectivity index (χ0v) is 5.26. The van der Waals surface area contributed by atoms with E-state index in [4.69, 9.17) is 11.6 Å². The lowest BCUT2D eigenvalue weighted by Gasteiger charge is -2.12. The molecule has 0 bridgehead atoms. The van der Waals surface area contributed by atoms with Gasteiger partial charge in [0, 0.05) is 13.6 Å². The quantitative estimate of drug-likeness (QED) is 0.202. The Labute approximate surface area is 49.1 Å². The number of aliphatic imine (C=N–C) groups is 1. The predicted molar refractivity (Wildman–Crippen MR) is 34.1 cm³/mol. The largest absolute Gasteiger partial charge is 0.369 e. The molecule has 4 heteroatoms. The zero-order chi connectivity index (χ0) is 6.57. The first-order chi connectivity index (χ1) is 3.72. The molecule has 0 radical (unpaired) electrons. The van der Waals surface area contributed by atoms with E-state index >= 15 is 0 Å². The van der Waals surface area contributed by atoms with Crippen molar-refractivity contribution in [1.29, 1.82) is 0 Å². The maximum Gasteiger partial charge on any atom is 0.205 e. The minimum atomic E-state index is 0.368. The van der Waals surface area contributed by atoms with Gasteiger partial charge < -0.3 is 5.73 Å². The lowest BCUT2D eigenvalue weighted by Crippen LogP contribution is -2.42. The lowest BCUT2D eigenvalue weighted by atomic mass is 10.7. The van der Waals surface area contributed by atoms with Gasteiger partial charge in [-0.15, -0.1) is 0 Å². The molecule has 4 nitrogen and oxygen atoms in total. The fraction of sp³-hybridized carbons (Fsp3) is 0.750. The molecule has 0 aromatic carbocycles. The summed E-state index contributed by atoms with van der Waals surface area (Å²) in [4.78, 5) is 3.65. The minimum Gasteiger partial charge on any atom is -0.369 e. The second-order valence-corrected chi connectivity index (χ2v) is 1.37. The number of nitrogens with two attached hydrogens (primary N) is 2. The molecule has 48 valence electrons. The third-order valence-electron chi connectivity index (χ3n) is 0.864. The summed E-state index contributed by atoms with van der Waals surface area (Å²) in [7, 11) is 1.60. The molecule has 0 aliphatic carbocycles. The van der Waals surface area contributed by atoms with Gasteiger partial charge in [0.2, 0.25) is 5.96 Å². The van der Waals surface area contributed by atoms with Crippen LogP contribution in [0.4, 0.5) is 0 Å². The van der Waals surface area contributed by atoms with Crippen LogP contribution < -0.4 is 11.6 Å². The smallest absolute Gasteiger partial charge is 0.205 e. The van der Waals surface area contributed by atoms with E-state index < -0.39 is 0 Å². The molecule has 0 aliphatic heterocycles. The Kier molecular flexibility index (Phi) is 2.95. The number of hydrogen-bond acceptors (Lipinski definition) is 2. The standard InChI is InChI=1S/C4H12N4/c1-3-8(6)4(5)7-2/h3,6H2,1-2H3,(H2,5,7). The summed E-state index contributed by atoms with van der Waals surface area (Å²) in [5.74, 6) is 5.67. The van der Waals surface area contributed by atoms with Crippen molar-refractivity contribution in [3.63, 3.8) is 0 Å². The van der Waals surface area contributed by atoms with Gasteiger partial charge in [-0.05, 0) is 6.92 Å². The van der Waals surface area contributed by atoms with E-state index in [2.05, 4.69) is 4.99 Å². The van der Waals surface area contributed by atoms with Crippen molar-refractivity contribution < 1.29 is 0 Å². The Bertz CT molecular complexity index is 88.0. The average molecular weight is 116 g/mol. The molecule has 0 aliphatic rings. The van der Waals surface area contributed by atoms with Gasteiger partial charge in [-0.2, -0.15) is 0 Å². The summed E-state index contributed by atoms with van der Waals surface area (Å²) in [6, 6.07) is 0. The first-order valence-electron chi connectivity index (χ1n) is 2.46. The van der Waals surface area contributed by atoms with Crippen molar-refractivity contribution in [2.45, 2.75) is 6.92 Å². The third-order valence-corrected chi connectivity index (χ3v) is 0.864. The van der Waals surface area contributed by atoms with Crippen LogP contribution in [0.15, 0.2) is 4.99 Å². The molecule has 0 rings (SSSR count). The van der Waals surface area contributed by atoms with Crippen LogP contribution in [0.25, 0.3) is 0 Å². The van der Waals surface area contributed by atoms with Crippen molar-refractivity contribution in [2.24, 2.45) is 16.6 Å². The van der Waals surface area contributed by atoms with Crippen LogP contribution in [0.2, 0.25) is 0 Å². The molecule has 0 spiro atoms. The fourth-order valence-corrected chi connectivity index (χ4v) is 0.290. The summed E-state index contributed by atoms with van der Waals surface area (Å²) in [5, 5.41) is 1.38. The van der Waals surface area contributed by atoms with E-state index in [1.54, 1.807) is 7.05 Å². The number of hydrazine groups is 1. The highest BCUT2D eigenvalue weighted by atomic mass is 15.5. The molecular weight excluding hydrogens is 104 g/mol. The molecular formula is C4H12N4. The summed E-state index contributed by atoms with van der Waals surface area (Å²) < 4.78 is 0. The Morgan fingerprint density at radius 3 is 2.38 bits per heavy atom. The number of rotatable bonds is 1. The molecule has 0 amide bonds. The highest BCUT2D eigenvalue weighted by Crippen LogP contribution is 1.72. The van der Waals surface area contributed by atoms with Crippen molar-refractivity contribution in [3.8, 4) is 0 Å². The van der Waals surface area contributed by atoms with Gasteiger partial charge in [0.05, 0.1) is 0 Å². The average Bonchev–Trinajstić information content (AvgIpc) is 1.84. The summed E-state index contributed by atoms with van der Waals surface area (Å²) in [6.45, 7) is 2.58. The number of hydrogen-bond donors (Lipinski definition) is 2. The Morgan fingerprint density at radius 2 is 2.25 bits per heavy atom. The zero-order valence-electron chi connectivity index (χ0n) is 5.26. The van der Waals surface area contributed by atoms with Crippen LogP contribution in [0.5, 0.6) is 0 Å². The van der Waals surface area contributed by atoms with Crippen molar-refractivity contribution in [2.75, 3.05) is 13.6 Å². The first-order valence-corrected chi connectivity index (χ1v) is 2.46. The summed E-state index contributed by atoms with van der Waals surface area (Å²) in [5.41, 5.74) is 5.28. The molecule has 0 saturated heterocycles. The number of guanidine groups is 1. The summed E-state index contributed by atoms with van der Waals surface area (Å²) in [6.07, 6.45) is 0. The van der Waals surface area contributed by atoms with Crippen LogP contribution in [-0.2, 0) is 0 Å². The molecule has 0 heterocycles. The third kappa shape index (κ3) is 1.79. The second-order valence-electron chi connectivity index (χ2n) is 1.37. The number of nitrogens with zero attached hydrogens (tertiary/aromatic N) is 2. The van der Waals surface area contributed by atoms with Gasteiger partial charge in [-0.1, -0.05) is 0 Å². The molecule has 0 fully saturated rings. The van der Waals surface area contributed by atoms with Gasteiger partial charge in [-0.25, -0.2) is 5.84 Å². The van der Waals surface area contributed by atoms with Crippen LogP contribution >= 0.6 is 0 Å². The van der Waals surface area contributed by atoms with E-state index in [0.717, 1.165) is 0 Å². The van der Waals surface area contributed by atoms with Crippen LogP contribution in [0.1, 0.15) is 6.92 Å². The monoisotopic (exact) mass is 116 g/mol. The predicted octanol–water partition coefficient (Wildman–Crippen LogP) is -0.873. The highest BCUT2D eigenvalue weighted by molar-refractivity contribution is 5.77. The SMILES string of the molecule is CCN(N)C(N)=NC. The van der Waals surface area contributed by atoms with Crippen LogP contribution in [0.3, 0.4) is 0 Å². The molecule has 0 saturated carbocycles. The van der Waals surface area contributed by atoms with Gasteiger partial charge >= 0.3 is 0 Å². The molecule has 8 heavy (non-hydrogen) atoms. The normalized spacial score (nSPS) is 11.6. The lowest BCUT2D eigenvalue weighted by molar-refractivity contribution is 0.459. The highest BCUT2D eigenvalue weighted by Gasteiger charge is 1.93. The Balaban J connectivity index is 3.63. The Hall–Kier alpha value is -0.770. The maximum atomic E-state index is 5.30. The van der Waals surface area contributed by atoms with E-state index in [1.165, 1.54) is 5.01 Å². The Morgan fingerprint density at radius 1 is 1.75 bits per heavy atom. The van der Waals surface area contributed by atoms with Crippen LogP contribution in [-0.4, -0.2) is 24.6 Å². The molecule has 0 aromatic rings. The van der Waals surface area contributed by atoms with E-state index in [-0.39, 0.29) is 0 Å². The summed E-state index contributed by atoms with van der Waals surface area (Å²) >= 11 is 0. The topological polar surface area (TPSA) is 67.6 Å². The molecule has 4 N–H and O–H groups in total. The van der Waals surface area contributed by atoms with E-state index in [9.17, 15) is 0 Å². The van der Waals surface area contributed by atoms with Crippen molar-refractivity contribution in [1.82, 2.24) is 5.01 Å². The van der Waals surface area contributed by atoms with E-state index in [1.807, 2.05) is 6.92 Å².